The maximum absolute atomic E-state index is 5.39. The fourth-order valence-corrected chi connectivity index (χ4v) is 12.0. The van der Waals surface area contributed by atoms with E-state index in [1.807, 2.05) is 48.8 Å². The Morgan fingerprint density at radius 2 is 0.643 bits per heavy atom. The fourth-order valence-electron chi connectivity index (χ4n) is 9.89. The van der Waals surface area contributed by atoms with Gasteiger partial charge in [-0.15, -0.1) is 0 Å². The molecule has 14 rings (SSSR count). The van der Waals surface area contributed by atoms with Crippen molar-refractivity contribution in [1.82, 2.24) is 29.1 Å². The summed E-state index contributed by atoms with van der Waals surface area (Å²) in [4.78, 5) is 30.2. The molecule has 4 aromatic heterocycles. The standard InChI is InChI=1S/C60H38N8S2/c1-3-17-43(18-4-1)67-57(63-47-21-15-31-61-59(47)67)41-33-39(35-45(37-41)65-49-23-7-11-27-53(49)69-54-28-12-8-24-50(54)65)40-34-42(58-64-48-22-16-32-62-60(48)68(58)44-19-5-2-6-20-44)38-46(36-40)66-51-25-9-13-29-55(51)70-56-30-14-10-26-52(56)66/h1-38H. The lowest BCUT2D eigenvalue weighted by Crippen LogP contribution is -2.15. The van der Waals surface area contributed by atoms with E-state index >= 15 is 0 Å². The lowest BCUT2D eigenvalue weighted by atomic mass is 9.97. The van der Waals surface area contributed by atoms with Crippen LogP contribution in [0.15, 0.2) is 250 Å². The zero-order valence-electron chi connectivity index (χ0n) is 37.3. The molecule has 0 fully saturated rings. The van der Waals surface area contributed by atoms with Crippen molar-refractivity contribution in [2.75, 3.05) is 9.80 Å². The third kappa shape index (κ3) is 6.71. The average Bonchev–Trinajstić information content (AvgIpc) is 4.02. The maximum Gasteiger partial charge on any atom is 0.164 e. The fraction of sp³-hybridized carbons (Fsp3) is 0. The highest BCUT2D eigenvalue weighted by Crippen LogP contribution is 2.54. The van der Waals surface area contributed by atoms with Gasteiger partial charge in [-0.05, 0) is 145 Å². The predicted octanol–water partition coefficient (Wildman–Crippen LogP) is 16.0. The number of nitrogens with zero attached hydrogens (tertiary/aromatic N) is 8. The highest BCUT2D eigenvalue weighted by molar-refractivity contribution is 8.00. The number of fused-ring (bicyclic) bond motifs is 6. The van der Waals surface area contributed by atoms with E-state index in [2.05, 4.69) is 201 Å². The molecule has 0 bridgehead atoms. The predicted molar refractivity (Wildman–Crippen MR) is 285 cm³/mol. The number of imidazole rings is 2. The minimum Gasteiger partial charge on any atom is -0.308 e. The molecule has 0 amide bonds. The zero-order chi connectivity index (χ0) is 46.1. The molecule has 0 atom stereocenters. The van der Waals surface area contributed by atoms with Crippen LogP contribution in [0.25, 0.3) is 67.6 Å². The molecular weight excluding hydrogens is 897 g/mol. The molecule has 0 saturated carbocycles. The van der Waals surface area contributed by atoms with E-state index in [-0.39, 0.29) is 0 Å². The summed E-state index contributed by atoms with van der Waals surface area (Å²) in [6, 6.07) is 77.4. The van der Waals surface area contributed by atoms with Crippen molar-refractivity contribution in [3.63, 3.8) is 0 Å². The van der Waals surface area contributed by atoms with Crippen molar-refractivity contribution in [2.24, 2.45) is 0 Å². The molecule has 0 saturated heterocycles. The number of pyridine rings is 2. The van der Waals surface area contributed by atoms with Crippen LogP contribution < -0.4 is 9.80 Å². The van der Waals surface area contributed by atoms with Gasteiger partial charge in [0.25, 0.3) is 0 Å². The van der Waals surface area contributed by atoms with Gasteiger partial charge in [0.05, 0.1) is 22.7 Å². The van der Waals surface area contributed by atoms with Crippen molar-refractivity contribution < 1.29 is 0 Å². The van der Waals surface area contributed by atoms with Crippen LogP contribution >= 0.6 is 23.5 Å². The van der Waals surface area contributed by atoms with Crippen LogP contribution in [0, 0.1) is 0 Å². The first-order valence-electron chi connectivity index (χ1n) is 23.1. The van der Waals surface area contributed by atoms with E-state index in [1.54, 1.807) is 23.5 Å². The second-order valence-electron chi connectivity index (χ2n) is 17.2. The van der Waals surface area contributed by atoms with Gasteiger partial charge in [0.15, 0.2) is 11.3 Å². The van der Waals surface area contributed by atoms with Crippen molar-refractivity contribution in [1.29, 1.82) is 0 Å². The smallest absolute Gasteiger partial charge is 0.164 e. The SMILES string of the molecule is c1ccc(-n2c(-c3cc(-c4cc(-c5nc6cccnc6n5-c5ccccc5)cc(N5c6ccccc6Sc6ccccc65)c4)cc(N4c5ccccc5Sc5ccccc54)c3)nc3cccnc32)cc1. The summed E-state index contributed by atoms with van der Waals surface area (Å²) in [7, 11) is 0. The molecule has 0 radical (unpaired) electrons. The summed E-state index contributed by atoms with van der Waals surface area (Å²) in [5.41, 5.74) is 15.6. The molecule has 0 aliphatic carbocycles. The van der Waals surface area contributed by atoms with Crippen LogP contribution in [-0.2, 0) is 0 Å². The first-order chi connectivity index (χ1) is 34.7. The molecule has 8 nitrogen and oxygen atoms in total. The molecule has 6 heterocycles. The van der Waals surface area contributed by atoms with E-state index in [1.165, 1.54) is 19.6 Å². The molecule has 8 aromatic carbocycles. The lowest BCUT2D eigenvalue weighted by Gasteiger charge is -2.34. The number of aromatic nitrogens is 6. The Balaban J connectivity index is 1.08. The number of para-hydroxylation sites is 6. The van der Waals surface area contributed by atoms with Gasteiger partial charge in [-0.25, -0.2) is 19.9 Å². The van der Waals surface area contributed by atoms with Crippen LogP contribution in [0.3, 0.4) is 0 Å². The number of hydrogen-bond acceptors (Lipinski definition) is 8. The van der Waals surface area contributed by atoms with E-state index in [4.69, 9.17) is 19.9 Å². The Bertz CT molecular complexity index is 3650. The lowest BCUT2D eigenvalue weighted by molar-refractivity contribution is 1.07. The van der Waals surface area contributed by atoms with Gasteiger partial charge in [-0.1, -0.05) is 108 Å². The van der Waals surface area contributed by atoms with Gasteiger partial charge in [0.1, 0.15) is 22.7 Å². The highest BCUT2D eigenvalue weighted by atomic mass is 32.2. The molecule has 2 aliphatic rings. The van der Waals surface area contributed by atoms with Crippen molar-refractivity contribution in [3.05, 3.63) is 231 Å². The summed E-state index contributed by atoms with van der Waals surface area (Å²) in [6.07, 6.45) is 3.68. The minimum atomic E-state index is 0.790. The molecule has 2 aliphatic heterocycles. The number of rotatable bonds is 7. The van der Waals surface area contributed by atoms with Crippen LogP contribution in [-0.4, -0.2) is 29.1 Å². The first kappa shape index (κ1) is 40.4. The Morgan fingerprint density at radius 1 is 0.300 bits per heavy atom. The topological polar surface area (TPSA) is 67.9 Å². The van der Waals surface area contributed by atoms with E-state index in [0.717, 1.165) is 102 Å². The van der Waals surface area contributed by atoms with Crippen molar-refractivity contribution in [3.8, 4) is 45.3 Å². The Morgan fingerprint density at radius 3 is 1.03 bits per heavy atom. The molecule has 0 N–H and O–H groups in total. The average molecular weight is 935 g/mol. The first-order valence-corrected chi connectivity index (χ1v) is 24.7. The van der Waals surface area contributed by atoms with Gasteiger partial charge >= 0.3 is 0 Å². The molecule has 70 heavy (non-hydrogen) atoms. The van der Waals surface area contributed by atoms with Crippen LogP contribution in [0.5, 0.6) is 0 Å². The van der Waals surface area contributed by atoms with Crippen LogP contribution in [0.2, 0.25) is 0 Å². The van der Waals surface area contributed by atoms with Gasteiger partial charge in [-0.2, -0.15) is 0 Å². The molecule has 0 spiro atoms. The van der Waals surface area contributed by atoms with E-state index in [0.29, 0.717) is 0 Å². The summed E-state index contributed by atoms with van der Waals surface area (Å²) in [5, 5.41) is 0. The summed E-state index contributed by atoms with van der Waals surface area (Å²) < 4.78 is 4.37. The molecule has 330 valence electrons. The van der Waals surface area contributed by atoms with Gasteiger partial charge < -0.3 is 9.80 Å². The molecular formula is C60H38N8S2. The Labute approximate surface area is 412 Å². The number of benzene rings is 8. The van der Waals surface area contributed by atoms with Crippen molar-refractivity contribution in [2.45, 2.75) is 19.6 Å². The van der Waals surface area contributed by atoms with Crippen molar-refractivity contribution >= 4 is 80.0 Å². The Kier molecular flexibility index (Phi) is 9.53. The maximum atomic E-state index is 5.39. The third-order valence-electron chi connectivity index (χ3n) is 12.9. The van der Waals surface area contributed by atoms with E-state index < -0.39 is 0 Å². The second-order valence-corrected chi connectivity index (χ2v) is 19.4. The quantitative estimate of drug-likeness (QED) is 0.157. The summed E-state index contributed by atoms with van der Waals surface area (Å²) in [6.45, 7) is 0. The minimum absolute atomic E-state index is 0.790. The number of anilines is 6. The zero-order valence-corrected chi connectivity index (χ0v) is 39.0. The van der Waals surface area contributed by atoms with Crippen LogP contribution in [0.1, 0.15) is 0 Å². The van der Waals surface area contributed by atoms with Gasteiger partial charge in [-0.3, -0.25) is 9.13 Å². The molecule has 12 aromatic rings. The molecule has 0 unspecified atom stereocenters. The normalized spacial score (nSPS) is 12.7. The summed E-state index contributed by atoms with van der Waals surface area (Å²) >= 11 is 3.61. The second kappa shape index (κ2) is 16.5. The van der Waals surface area contributed by atoms with Gasteiger partial charge in [0.2, 0.25) is 0 Å². The van der Waals surface area contributed by atoms with Crippen LogP contribution in [0.4, 0.5) is 34.1 Å². The summed E-state index contributed by atoms with van der Waals surface area (Å²) in [5.74, 6) is 1.58. The Hall–Kier alpha value is -8.70. The van der Waals surface area contributed by atoms with Gasteiger partial charge in [0, 0.05) is 65.9 Å². The third-order valence-corrected chi connectivity index (χ3v) is 15.2. The number of hydrogen-bond donors (Lipinski definition) is 0. The monoisotopic (exact) mass is 934 g/mol. The van der Waals surface area contributed by atoms with E-state index in [9.17, 15) is 0 Å². The molecule has 10 heteroatoms. The largest absolute Gasteiger partial charge is 0.308 e. The highest BCUT2D eigenvalue weighted by Gasteiger charge is 2.29.